The second kappa shape index (κ2) is 4.50. The summed E-state index contributed by atoms with van der Waals surface area (Å²) in [6.07, 6.45) is 2.09. The van der Waals surface area contributed by atoms with Crippen LogP contribution in [0, 0.1) is 0 Å². The Balaban J connectivity index is 4.34. The van der Waals surface area contributed by atoms with Crippen LogP contribution in [-0.2, 0) is 9.59 Å². The van der Waals surface area contributed by atoms with E-state index in [0.29, 0.717) is 0 Å². The van der Waals surface area contributed by atoms with Gasteiger partial charge in [0.15, 0.2) is 0 Å². The number of thioether (sulfide) groups is 1. The molecule has 0 aromatic heterocycles. The van der Waals surface area contributed by atoms with Gasteiger partial charge in [0.2, 0.25) is 5.91 Å². The molecule has 70 valence electrons. The number of carbonyl (C=O) groups excluding carboxylic acids is 2. The van der Waals surface area contributed by atoms with Crippen LogP contribution in [0.2, 0.25) is 0 Å². The first-order chi connectivity index (χ1) is 5.46. The van der Waals surface area contributed by atoms with Gasteiger partial charge < -0.3 is 5.32 Å². The highest BCUT2D eigenvalue weighted by Crippen LogP contribution is 2.26. The van der Waals surface area contributed by atoms with Crippen molar-refractivity contribution in [3.63, 3.8) is 0 Å². The molecule has 0 saturated heterocycles. The Hall–Kier alpha value is -0.510. The molecule has 1 amide bonds. The second-order valence-electron chi connectivity index (χ2n) is 2.84. The molecule has 1 atom stereocenters. The Morgan fingerprint density at radius 2 is 2.00 bits per heavy atom. The Labute approximate surface area is 77.3 Å². The maximum Gasteiger partial charge on any atom is 0.221 e. The molecule has 0 aliphatic rings. The number of amides is 1. The Morgan fingerprint density at radius 1 is 1.50 bits per heavy atom. The topological polar surface area (TPSA) is 46.2 Å². The molecular weight excluding hydrogens is 174 g/mol. The molecule has 0 rings (SSSR count). The predicted octanol–water partition coefficient (Wildman–Crippen LogP) is 0.833. The van der Waals surface area contributed by atoms with Crippen LogP contribution in [0.5, 0.6) is 0 Å². The number of hydrogen-bond donors (Lipinski definition) is 1. The van der Waals surface area contributed by atoms with Gasteiger partial charge in [0.05, 0.1) is 4.75 Å². The van der Waals surface area contributed by atoms with Crippen LogP contribution in [0.3, 0.4) is 0 Å². The first kappa shape index (κ1) is 11.5. The lowest BCUT2D eigenvalue weighted by Crippen LogP contribution is -2.35. The van der Waals surface area contributed by atoms with Crippen molar-refractivity contribution in [1.82, 2.24) is 5.32 Å². The smallest absolute Gasteiger partial charge is 0.221 e. The van der Waals surface area contributed by atoms with E-state index in [1.54, 1.807) is 14.0 Å². The van der Waals surface area contributed by atoms with Gasteiger partial charge in [-0.15, -0.1) is 0 Å². The normalized spacial score (nSPS) is 15.0. The van der Waals surface area contributed by atoms with Crippen LogP contribution in [0.25, 0.3) is 0 Å². The van der Waals surface area contributed by atoms with Crippen molar-refractivity contribution < 1.29 is 9.59 Å². The number of Topliss-reactive ketones (excluding diaryl/α,β-unsaturated/α-hetero) is 1. The third kappa shape index (κ3) is 2.85. The van der Waals surface area contributed by atoms with Crippen LogP contribution in [0.15, 0.2) is 0 Å². The summed E-state index contributed by atoms with van der Waals surface area (Å²) in [6.45, 7) is 3.30. The molecule has 0 bridgehead atoms. The number of carbonyl (C=O) groups is 2. The van der Waals surface area contributed by atoms with Gasteiger partial charge >= 0.3 is 0 Å². The molecule has 0 saturated carbocycles. The van der Waals surface area contributed by atoms with Crippen LogP contribution in [0.4, 0.5) is 0 Å². The van der Waals surface area contributed by atoms with Gasteiger partial charge in [-0.25, -0.2) is 0 Å². The van der Waals surface area contributed by atoms with E-state index in [1.807, 2.05) is 6.26 Å². The molecule has 3 nitrogen and oxygen atoms in total. The molecule has 0 heterocycles. The summed E-state index contributed by atoms with van der Waals surface area (Å²) in [5.41, 5.74) is 0. The molecule has 0 aliphatic carbocycles. The lowest BCUT2D eigenvalue weighted by Gasteiger charge is -2.22. The second-order valence-corrected chi connectivity index (χ2v) is 4.15. The van der Waals surface area contributed by atoms with Crippen molar-refractivity contribution in [3.8, 4) is 0 Å². The van der Waals surface area contributed by atoms with Crippen molar-refractivity contribution in [2.75, 3.05) is 13.3 Å². The zero-order valence-corrected chi connectivity index (χ0v) is 8.75. The van der Waals surface area contributed by atoms with E-state index in [9.17, 15) is 9.59 Å². The first-order valence-corrected chi connectivity index (χ1v) is 4.95. The van der Waals surface area contributed by atoms with Crippen LogP contribution >= 0.6 is 11.8 Å². The summed E-state index contributed by atoms with van der Waals surface area (Å²) < 4.78 is -0.569. The number of ketones is 1. The van der Waals surface area contributed by atoms with E-state index in [4.69, 9.17) is 0 Å². The van der Waals surface area contributed by atoms with Gasteiger partial charge in [-0.3, -0.25) is 9.59 Å². The minimum absolute atomic E-state index is 0.0404. The van der Waals surface area contributed by atoms with Crippen molar-refractivity contribution in [2.24, 2.45) is 0 Å². The monoisotopic (exact) mass is 189 g/mol. The van der Waals surface area contributed by atoms with Gasteiger partial charge in [-0.05, 0) is 20.1 Å². The molecule has 1 unspecified atom stereocenters. The van der Waals surface area contributed by atoms with Crippen molar-refractivity contribution in [2.45, 2.75) is 25.0 Å². The Bertz CT molecular complexity index is 193. The van der Waals surface area contributed by atoms with E-state index in [0.717, 1.165) is 0 Å². The van der Waals surface area contributed by atoms with E-state index >= 15 is 0 Å². The fraction of sp³-hybridized carbons (Fsp3) is 0.750. The van der Waals surface area contributed by atoms with E-state index < -0.39 is 4.75 Å². The van der Waals surface area contributed by atoms with Gasteiger partial charge in [0.1, 0.15) is 5.78 Å². The summed E-state index contributed by atoms with van der Waals surface area (Å²) in [5.74, 6) is -0.0550. The van der Waals surface area contributed by atoms with Crippen LogP contribution < -0.4 is 5.32 Å². The molecule has 4 heteroatoms. The Kier molecular flexibility index (Phi) is 4.31. The van der Waals surface area contributed by atoms with E-state index in [1.165, 1.54) is 18.7 Å². The summed E-state index contributed by atoms with van der Waals surface area (Å²) in [7, 11) is 1.57. The number of nitrogens with one attached hydrogen (secondary N) is 1. The van der Waals surface area contributed by atoms with Gasteiger partial charge in [0, 0.05) is 13.5 Å². The molecule has 12 heavy (non-hydrogen) atoms. The molecule has 0 spiro atoms. The molecule has 0 radical (unpaired) electrons. The first-order valence-electron chi connectivity index (χ1n) is 3.73. The number of rotatable bonds is 4. The lowest BCUT2D eigenvalue weighted by molar-refractivity contribution is -0.125. The summed E-state index contributed by atoms with van der Waals surface area (Å²) >= 11 is 1.41. The molecular formula is C8H15NO2S. The highest BCUT2D eigenvalue weighted by molar-refractivity contribution is 8.00. The predicted molar refractivity (Wildman–Crippen MR) is 51.3 cm³/mol. The average molecular weight is 189 g/mol. The van der Waals surface area contributed by atoms with Gasteiger partial charge in [-0.1, -0.05) is 0 Å². The fourth-order valence-corrected chi connectivity index (χ4v) is 1.30. The largest absolute Gasteiger partial charge is 0.359 e. The van der Waals surface area contributed by atoms with E-state index in [-0.39, 0.29) is 18.1 Å². The molecule has 1 N–H and O–H groups in total. The van der Waals surface area contributed by atoms with Gasteiger partial charge in [-0.2, -0.15) is 11.8 Å². The quantitative estimate of drug-likeness (QED) is 0.712. The third-order valence-electron chi connectivity index (χ3n) is 1.97. The summed E-state index contributed by atoms with van der Waals surface area (Å²) in [6, 6.07) is 0. The summed E-state index contributed by atoms with van der Waals surface area (Å²) in [4.78, 5) is 22.2. The van der Waals surface area contributed by atoms with Crippen LogP contribution in [0.1, 0.15) is 20.3 Å². The third-order valence-corrected chi connectivity index (χ3v) is 3.30. The average Bonchev–Trinajstić information content (AvgIpc) is 2.03. The molecule has 0 aromatic rings. The van der Waals surface area contributed by atoms with E-state index in [2.05, 4.69) is 5.32 Å². The highest BCUT2D eigenvalue weighted by atomic mass is 32.2. The fourth-order valence-electron chi connectivity index (χ4n) is 0.735. The molecule has 0 fully saturated rings. The van der Waals surface area contributed by atoms with Crippen molar-refractivity contribution in [1.29, 1.82) is 0 Å². The van der Waals surface area contributed by atoms with Crippen LogP contribution in [-0.4, -0.2) is 29.7 Å². The Morgan fingerprint density at radius 3 is 2.25 bits per heavy atom. The van der Waals surface area contributed by atoms with Crippen molar-refractivity contribution >= 4 is 23.5 Å². The number of hydrogen-bond acceptors (Lipinski definition) is 3. The lowest BCUT2D eigenvalue weighted by atomic mass is 10.0. The molecule has 0 aromatic carbocycles. The standard InChI is InChI=1S/C8H15NO2S/c1-6(10)8(2,12-4)5-7(11)9-3/h5H2,1-4H3,(H,9,11). The SMILES string of the molecule is CNC(=O)CC(C)(SC)C(C)=O. The minimum Gasteiger partial charge on any atom is -0.359 e. The van der Waals surface area contributed by atoms with Crippen molar-refractivity contribution in [3.05, 3.63) is 0 Å². The molecule has 0 aliphatic heterocycles. The van der Waals surface area contributed by atoms with Gasteiger partial charge in [0.25, 0.3) is 0 Å². The maximum absolute atomic E-state index is 11.1. The minimum atomic E-state index is -0.569. The maximum atomic E-state index is 11.1. The zero-order valence-electron chi connectivity index (χ0n) is 7.93. The highest BCUT2D eigenvalue weighted by Gasteiger charge is 2.30. The zero-order chi connectivity index (χ0) is 9.78. The summed E-state index contributed by atoms with van der Waals surface area (Å²) in [5, 5.41) is 2.51.